The molecule has 1 N–H and O–H groups in total. The van der Waals surface area contributed by atoms with Crippen molar-refractivity contribution in [1.29, 1.82) is 0 Å². The third-order valence-corrected chi connectivity index (χ3v) is 1.44. The van der Waals surface area contributed by atoms with Crippen LogP contribution in [0.15, 0.2) is 11.6 Å². The lowest BCUT2D eigenvalue weighted by Crippen LogP contribution is -2.26. The zero-order chi connectivity index (χ0) is 5.98. The first kappa shape index (κ1) is 8.99. The summed E-state index contributed by atoms with van der Waals surface area (Å²) in [6.07, 6.45) is 2.33. The van der Waals surface area contributed by atoms with Crippen molar-refractivity contribution in [2.75, 3.05) is 13.1 Å². The molecule has 0 aromatic rings. The summed E-state index contributed by atoms with van der Waals surface area (Å²) in [6.45, 7) is 6.64. The average molecular weight is 148 g/mol. The van der Waals surface area contributed by atoms with E-state index in [4.69, 9.17) is 0 Å². The fourth-order valence-electron chi connectivity index (χ4n) is 1.10. The van der Waals surface area contributed by atoms with Crippen molar-refractivity contribution in [3.8, 4) is 0 Å². The highest BCUT2D eigenvalue weighted by Crippen LogP contribution is 2.04. The molecule has 0 spiro atoms. The maximum atomic E-state index is 3.32. The van der Waals surface area contributed by atoms with Crippen LogP contribution in [0.5, 0.6) is 0 Å². The summed E-state index contributed by atoms with van der Waals surface area (Å²) in [5, 5.41) is 3.32. The molecular formula is C7H14ClN. The molecule has 1 aliphatic rings. The van der Waals surface area contributed by atoms with Crippen LogP contribution in [-0.2, 0) is 0 Å². The van der Waals surface area contributed by atoms with Crippen LogP contribution in [0.1, 0.15) is 13.8 Å². The lowest BCUT2D eigenvalue weighted by Gasteiger charge is -2.15. The van der Waals surface area contributed by atoms with Gasteiger partial charge < -0.3 is 5.32 Å². The number of hydrogen-bond acceptors (Lipinski definition) is 1. The Bertz CT molecular complexity index is 109. The molecule has 0 saturated carbocycles. The van der Waals surface area contributed by atoms with E-state index in [1.165, 1.54) is 5.57 Å². The zero-order valence-corrected chi connectivity index (χ0v) is 6.79. The van der Waals surface area contributed by atoms with Crippen LogP contribution < -0.4 is 5.32 Å². The Hall–Kier alpha value is -0.0100. The zero-order valence-electron chi connectivity index (χ0n) is 5.98. The molecule has 1 unspecified atom stereocenters. The SMILES string of the molecule is CC1=CC(C)CNC1.Cl. The van der Waals surface area contributed by atoms with E-state index in [9.17, 15) is 0 Å². The lowest BCUT2D eigenvalue weighted by molar-refractivity contribution is 0.583. The quantitative estimate of drug-likeness (QED) is 0.514. The van der Waals surface area contributed by atoms with E-state index in [-0.39, 0.29) is 12.4 Å². The number of halogens is 1. The van der Waals surface area contributed by atoms with Gasteiger partial charge in [0, 0.05) is 13.1 Å². The van der Waals surface area contributed by atoms with Gasteiger partial charge in [0.2, 0.25) is 0 Å². The second-order valence-corrected chi connectivity index (χ2v) is 2.62. The van der Waals surface area contributed by atoms with Gasteiger partial charge in [-0.25, -0.2) is 0 Å². The van der Waals surface area contributed by atoms with Gasteiger partial charge in [-0.15, -0.1) is 12.4 Å². The maximum absolute atomic E-state index is 3.32. The summed E-state index contributed by atoms with van der Waals surface area (Å²) in [5.74, 6) is 0.740. The Labute approximate surface area is 62.9 Å². The van der Waals surface area contributed by atoms with E-state index >= 15 is 0 Å². The van der Waals surface area contributed by atoms with Gasteiger partial charge in [0.05, 0.1) is 0 Å². The van der Waals surface area contributed by atoms with Crippen molar-refractivity contribution in [1.82, 2.24) is 5.32 Å². The van der Waals surface area contributed by atoms with E-state index in [1.54, 1.807) is 0 Å². The van der Waals surface area contributed by atoms with Crippen LogP contribution >= 0.6 is 12.4 Å². The first-order valence-corrected chi connectivity index (χ1v) is 3.17. The average Bonchev–Trinajstić information content (AvgIpc) is 1.64. The third-order valence-electron chi connectivity index (χ3n) is 1.44. The van der Waals surface area contributed by atoms with E-state index in [0.29, 0.717) is 0 Å². The van der Waals surface area contributed by atoms with Crippen LogP contribution in [0.25, 0.3) is 0 Å². The van der Waals surface area contributed by atoms with Gasteiger partial charge in [-0.05, 0) is 12.8 Å². The predicted octanol–water partition coefficient (Wildman–Crippen LogP) is 1.59. The molecule has 0 bridgehead atoms. The molecule has 0 fully saturated rings. The highest BCUT2D eigenvalue weighted by molar-refractivity contribution is 5.85. The number of rotatable bonds is 0. The van der Waals surface area contributed by atoms with E-state index in [0.717, 1.165) is 19.0 Å². The summed E-state index contributed by atoms with van der Waals surface area (Å²) in [4.78, 5) is 0. The topological polar surface area (TPSA) is 12.0 Å². The molecule has 0 radical (unpaired) electrons. The molecule has 1 heterocycles. The van der Waals surface area contributed by atoms with Gasteiger partial charge in [0.1, 0.15) is 0 Å². The molecule has 0 aromatic heterocycles. The molecule has 2 heteroatoms. The first-order chi connectivity index (χ1) is 3.79. The molecule has 54 valence electrons. The Morgan fingerprint density at radius 1 is 1.67 bits per heavy atom. The number of hydrogen-bond donors (Lipinski definition) is 1. The Balaban J connectivity index is 0.000000640. The van der Waals surface area contributed by atoms with Crippen molar-refractivity contribution in [3.05, 3.63) is 11.6 Å². The molecule has 1 aliphatic heterocycles. The van der Waals surface area contributed by atoms with Gasteiger partial charge in [-0.1, -0.05) is 18.6 Å². The van der Waals surface area contributed by atoms with Crippen LogP contribution in [0.2, 0.25) is 0 Å². The molecule has 0 saturated heterocycles. The van der Waals surface area contributed by atoms with E-state index in [2.05, 4.69) is 25.2 Å². The van der Waals surface area contributed by atoms with Crippen LogP contribution in [0, 0.1) is 5.92 Å². The van der Waals surface area contributed by atoms with E-state index < -0.39 is 0 Å². The van der Waals surface area contributed by atoms with Crippen molar-refractivity contribution >= 4 is 12.4 Å². The van der Waals surface area contributed by atoms with Gasteiger partial charge in [-0.2, -0.15) is 0 Å². The van der Waals surface area contributed by atoms with Gasteiger partial charge >= 0.3 is 0 Å². The van der Waals surface area contributed by atoms with Crippen molar-refractivity contribution in [2.24, 2.45) is 5.92 Å². The van der Waals surface area contributed by atoms with Crippen LogP contribution in [0.3, 0.4) is 0 Å². The third kappa shape index (κ3) is 2.87. The Morgan fingerprint density at radius 3 is 2.67 bits per heavy atom. The summed E-state index contributed by atoms with van der Waals surface area (Å²) in [7, 11) is 0. The minimum Gasteiger partial charge on any atom is -0.312 e. The van der Waals surface area contributed by atoms with Gasteiger partial charge in [0.15, 0.2) is 0 Å². The second kappa shape index (κ2) is 3.91. The first-order valence-electron chi connectivity index (χ1n) is 3.17. The highest BCUT2D eigenvalue weighted by Gasteiger charge is 2.03. The number of nitrogens with one attached hydrogen (secondary N) is 1. The smallest absolute Gasteiger partial charge is 0.0162 e. The lowest BCUT2D eigenvalue weighted by atomic mass is 10.1. The van der Waals surface area contributed by atoms with Gasteiger partial charge in [0.25, 0.3) is 0 Å². The fourth-order valence-corrected chi connectivity index (χ4v) is 1.10. The van der Waals surface area contributed by atoms with Crippen molar-refractivity contribution < 1.29 is 0 Å². The van der Waals surface area contributed by atoms with Gasteiger partial charge in [-0.3, -0.25) is 0 Å². The highest BCUT2D eigenvalue weighted by atomic mass is 35.5. The second-order valence-electron chi connectivity index (χ2n) is 2.62. The van der Waals surface area contributed by atoms with Crippen molar-refractivity contribution in [3.63, 3.8) is 0 Å². The fraction of sp³-hybridized carbons (Fsp3) is 0.714. The Morgan fingerprint density at radius 2 is 2.33 bits per heavy atom. The monoisotopic (exact) mass is 147 g/mol. The van der Waals surface area contributed by atoms with Crippen molar-refractivity contribution in [2.45, 2.75) is 13.8 Å². The van der Waals surface area contributed by atoms with Crippen LogP contribution in [0.4, 0.5) is 0 Å². The maximum Gasteiger partial charge on any atom is 0.0162 e. The minimum absolute atomic E-state index is 0. The molecule has 1 nitrogen and oxygen atoms in total. The summed E-state index contributed by atoms with van der Waals surface area (Å²) >= 11 is 0. The van der Waals surface area contributed by atoms with Crippen LogP contribution in [-0.4, -0.2) is 13.1 Å². The molecule has 1 rings (SSSR count). The predicted molar refractivity (Wildman–Crippen MR) is 43.0 cm³/mol. The molecule has 0 amide bonds. The normalized spacial score (nSPS) is 26.4. The largest absolute Gasteiger partial charge is 0.312 e. The molecular weight excluding hydrogens is 134 g/mol. The molecule has 0 aromatic carbocycles. The summed E-state index contributed by atoms with van der Waals surface area (Å²) in [6, 6.07) is 0. The standard InChI is InChI=1S/C7H13N.ClH/c1-6-3-7(2)5-8-4-6;/h3,6,8H,4-5H2,1-2H3;1H. The summed E-state index contributed by atoms with van der Waals surface area (Å²) in [5.41, 5.74) is 1.48. The molecule has 0 aliphatic carbocycles. The summed E-state index contributed by atoms with van der Waals surface area (Å²) < 4.78 is 0. The minimum atomic E-state index is 0. The molecule has 9 heavy (non-hydrogen) atoms. The van der Waals surface area contributed by atoms with E-state index in [1.807, 2.05) is 0 Å². The molecule has 1 atom stereocenters. The Kier molecular flexibility index (Phi) is 3.91.